The number of carbonyl (C=O) groups is 1. The van der Waals surface area contributed by atoms with E-state index in [1.807, 2.05) is 37.6 Å². The number of hydrogen-bond donors (Lipinski definition) is 1. The summed E-state index contributed by atoms with van der Waals surface area (Å²) < 4.78 is 8.76. The number of nitrogens with one attached hydrogen (secondary N) is 1. The molecule has 3 rings (SSSR count). The molecule has 0 atom stereocenters. The van der Waals surface area contributed by atoms with Crippen LogP contribution in [0.25, 0.3) is 0 Å². The molecule has 0 fully saturated rings. The van der Waals surface area contributed by atoms with Gasteiger partial charge >= 0.3 is 0 Å². The van der Waals surface area contributed by atoms with Gasteiger partial charge in [-0.1, -0.05) is 23.7 Å². The first-order valence-electron chi connectivity index (χ1n) is 8.68. The molecule has 2 heterocycles. The van der Waals surface area contributed by atoms with Gasteiger partial charge in [-0.05, 0) is 38.5 Å². The zero-order valence-electron chi connectivity index (χ0n) is 15.6. The quantitative estimate of drug-likeness (QED) is 0.671. The van der Waals surface area contributed by atoms with Gasteiger partial charge in [-0.3, -0.25) is 9.48 Å². The van der Waals surface area contributed by atoms with E-state index >= 15 is 0 Å². The number of carbonyl (C=O) groups excluding carboxylic acids is 1. The number of nitrogens with zero attached hydrogens (tertiary/aromatic N) is 4. The first kappa shape index (κ1) is 19.1. The highest BCUT2D eigenvalue weighted by Gasteiger charge is 2.11. The average Bonchev–Trinajstić information content (AvgIpc) is 3.20. The maximum atomic E-state index is 12.4. The van der Waals surface area contributed by atoms with Crippen molar-refractivity contribution < 1.29 is 9.53 Å². The zero-order valence-corrected chi connectivity index (χ0v) is 16.3. The lowest BCUT2D eigenvalue weighted by molar-refractivity contribution is 0.0792. The fourth-order valence-corrected chi connectivity index (χ4v) is 2.79. The van der Waals surface area contributed by atoms with Crippen LogP contribution in [0.4, 0.5) is 5.69 Å². The van der Waals surface area contributed by atoms with E-state index in [0.29, 0.717) is 36.2 Å². The predicted octanol–water partition coefficient (Wildman–Crippen LogP) is 3.64. The fourth-order valence-electron chi connectivity index (χ4n) is 2.65. The van der Waals surface area contributed by atoms with Crippen LogP contribution < -0.4 is 5.32 Å². The molecule has 8 heteroatoms. The molecule has 0 spiro atoms. The molecular formula is C19H22ClN5O2. The molecule has 0 radical (unpaired) electrons. The molecule has 0 aliphatic rings. The predicted molar refractivity (Wildman–Crippen MR) is 104 cm³/mol. The van der Waals surface area contributed by atoms with Gasteiger partial charge in [0.2, 0.25) is 0 Å². The SMILES string of the molecule is CCOCn1cc(NC(=O)c2ccc(Cn3nc(C)c(Cl)c3C)cc2)cn1. The molecule has 1 N–H and O–H groups in total. The Morgan fingerprint density at radius 3 is 2.63 bits per heavy atom. The number of ether oxygens (including phenoxy) is 1. The standard InChI is InChI=1S/C19H22ClN5O2/c1-4-27-12-24-11-17(9-21-24)22-19(26)16-7-5-15(6-8-16)10-25-14(3)18(20)13(2)23-25/h5-9,11H,4,10,12H2,1-3H3,(H,22,26). The van der Waals surface area contributed by atoms with Gasteiger partial charge in [0.25, 0.3) is 5.91 Å². The molecule has 0 unspecified atom stereocenters. The molecule has 27 heavy (non-hydrogen) atoms. The molecule has 3 aromatic rings. The molecule has 1 amide bonds. The van der Waals surface area contributed by atoms with Crippen molar-refractivity contribution in [1.29, 1.82) is 0 Å². The highest BCUT2D eigenvalue weighted by molar-refractivity contribution is 6.31. The lowest BCUT2D eigenvalue weighted by Gasteiger charge is -2.07. The summed E-state index contributed by atoms with van der Waals surface area (Å²) in [5.41, 5.74) is 3.98. The normalized spacial score (nSPS) is 11.0. The lowest BCUT2D eigenvalue weighted by atomic mass is 10.1. The largest absolute Gasteiger partial charge is 0.360 e. The van der Waals surface area contributed by atoms with Gasteiger partial charge in [-0.15, -0.1) is 0 Å². The molecule has 2 aromatic heterocycles. The van der Waals surface area contributed by atoms with Crippen molar-refractivity contribution in [3.05, 3.63) is 64.2 Å². The summed E-state index contributed by atoms with van der Waals surface area (Å²) in [4.78, 5) is 12.4. The fraction of sp³-hybridized carbons (Fsp3) is 0.316. The first-order chi connectivity index (χ1) is 13.0. The number of hydrogen-bond acceptors (Lipinski definition) is 4. The van der Waals surface area contributed by atoms with Crippen molar-refractivity contribution in [1.82, 2.24) is 19.6 Å². The summed E-state index contributed by atoms with van der Waals surface area (Å²) in [7, 11) is 0. The van der Waals surface area contributed by atoms with Gasteiger partial charge in [0.15, 0.2) is 0 Å². The van der Waals surface area contributed by atoms with Crippen molar-refractivity contribution in [3.8, 4) is 0 Å². The lowest BCUT2D eigenvalue weighted by Crippen LogP contribution is -2.12. The Bertz CT molecular complexity index is 930. The average molecular weight is 388 g/mol. The molecular weight excluding hydrogens is 366 g/mol. The van der Waals surface area contributed by atoms with Crippen LogP contribution in [0.2, 0.25) is 5.02 Å². The van der Waals surface area contributed by atoms with Crippen LogP contribution in [0.15, 0.2) is 36.7 Å². The van der Waals surface area contributed by atoms with Gasteiger partial charge in [0.1, 0.15) is 6.73 Å². The van der Waals surface area contributed by atoms with Crippen LogP contribution in [0.3, 0.4) is 0 Å². The number of aromatic nitrogens is 4. The number of rotatable bonds is 7. The highest BCUT2D eigenvalue weighted by atomic mass is 35.5. The molecule has 7 nitrogen and oxygen atoms in total. The Kier molecular flexibility index (Phi) is 5.93. The molecule has 142 valence electrons. The molecule has 0 aliphatic heterocycles. The van der Waals surface area contributed by atoms with Crippen molar-refractivity contribution in [3.63, 3.8) is 0 Å². The second-order valence-electron chi connectivity index (χ2n) is 6.18. The molecule has 0 aliphatic carbocycles. The third-order valence-corrected chi connectivity index (χ3v) is 4.71. The Labute approximate surface area is 162 Å². The third-order valence-electron chi connectivity index (χ3n) is 4.16. The summed E-state index contributed by atoms with van der Waals surface area (Å²) in [5.74, 6) is -0.188. The second-order valence-corrected chi connectivity index (χ2v) is 6.56. The van der Waals surface area contributed by atoms with E-state index in [0.717, 1.165) is 17.0 Å². The zero-order chi connectivity index (χ0) is 19.4. The third kappa shape index (κ3) is 4.56. The van der Waals surface area contributed by atoms with E-state index in [1.165, 1.54) is 0 Å². The maximum Gasteiger partial charge on any atom is 0.255 e. The number of benzene rings is 1. The summed E-state index contributed by atoms with van der Waals surface area (Å²) in [6.07, 6.45) is 3.33. The van der Waals surface area contributed by atoms with Gasteiger partial charge in [-0.2, -0.15) is 10.2 Å². The minimum atomic E-state index is -0.188. The van der Waals surface area contributed by atoms with Crippen LogP contribution in [0, 0.1) is 13.8 Å². The van der Waals surface area contributed by atoms with Crippen LogP contribution in [-0.4, -0.2) is 32.1 Å². The van der Waals surface area contributed by atoms with E-state index in [9.17, 15) is 4.79 Å². The number of halogens is 1. The van der Waals surface area contributed by atoms with Crippen molar-refractivity contribution in [2.45, 2.75) is 34.0 Å². The van der Waals surface area contributed by atoms with Crippen molar-refractivity contribution >= 4 is 23.2 Å². The summed E-state index contributed by atoms with van der Waals surface area (Å²) in [6.45, 7) is 7.31. The smallest absolute Gasteiger partial charge is 0.255 e. The highest BCUT2D eigenvalue weighted by Crippen LogP contribution is 2.20. The van der Waals surface area contributed by atoms with Gasteiger partial charge in [-0.25, -0.2) is 4.68 Å². The summed E-state index contributed by atoms with van der Waals surface area (Å²) >= 11 is 6.19. The maximum absolute atomic E-state index is 12.4. The van der Waals surface area contributed by atoms with Crippen LogP contribution in [0.1, 0.15) is 34.2 Å². The Morgan fingerprint density at radius 2 is 2.00 bits per heavy atom. The summed E-state index contributed by atoms with van der Waals surface area (Å²) in [6, 6.07) is 7.42. The van der Waals surface area contributed by atoms with Gasteiger partial charge < -0.3 is 10.1 Å². The first-order valence-corrected chi connectivity index (χ1v) is 9.05. The van der Waals surface area contributed by atoms with E-state index in [2.05, 4.69) is 15.5 Å². The Balaban J connectivity index is 1.63. The van der Waals surface area contributed by atoms with E-state index < -0.39 is 0 Å². The number of amides is 1. The minimum Gasteiger partial charge on any atom is -0.360 e. The van der Waals surface area contributed by atoms with Crippen LogP contribution >= 0.6 is 11.6 Å². The Morgan fingerprint density at radius 1 is 1.26 bits per heavy atom. The second kappa shape index (κ2) is 8.37. The molecule has 0 bridgehead atoms. The molecule has 1 aromatic carbocycles. The number of anilines is 1. The van der Waals surface area contributed by atoms with E-state index in [4.69, 9.17) is 16.3 Å². The molecule has 0 saturated carbocycles. The Hall–Kier alpha value is -2.64. The van der Waals surface area contributed by atoms with Gasteiger partial charge in [0.05, 0.1) is 41.0 Å². The topological polar surface area (TPSA) is 74.0 Å². The monoisotopic (exact) mass is 387 g/mol. The van der Waals surface area contributed by atoms with Gasteiger partial charge in [0, 0.05) is 12.2 Å². The summed E-state index contributed by atoms with van der Waals surface area (Å²) in [5, 5.41) is 12.1. The van der Waals surface area contributed by atoms with Crippen LogP contribution in [-0.2, 0) is 18.0 Å². The minimum absolute atomic E-state index is 0.188. The van der Waals surface area contributed by atoms with Crippen molar-refractivity contribution in [2.75, 3.05) is 11.9 Å². The van der Waals surface area contributed by atoms with E-state index in [1.54, 1.807) is 29.2 Å². The number of aryl methyl sites for hydroxylation is 1. The molecule has 0 saturated heterocycles. The van der Waals surface area contributed by atoms with E-state index in [-0.39, 0.29) is 5.91 Å². The van der Waals surface area contributed by atoms with Crippen molar-refractivity contribution in [2.24, 2.45) is 0 Å². The van der Waals surface area contributed by atoms with Crippen LogP contribution in [0.5, 0.6) is 0 Å².